The van der Waals surface area contributed by atoms with Crippen molar-refractivity contribution in [1.29, 1.82) is 0 Å². The highest BCUT2D eigenvalue weighted by atomic mass is 16.5. The first kappa shape index (κ1) is 20.2. The Labute approximate surface area is 180 Å². The van der Waals surface area contributed by atoms with E-state index in [1.807, 2.05) is 36.4 Å². The van der Waals surface area contributed by atoms with Gasteiger partial charge >= 0.3 is 5.97 Å². The number of carbonyl (C=O) groups excluding carboxylic acids is 2. The molecule has 0 amide bonds. The van der Waals surface area contributed by atoms with Crippen molar-refractivity contribution in [3.05, 3.63) is 113 Å². The molecule has 5 nitrogen and oxygen atoms in total. The number of benzene rings is 3. The smallest absolute Gasteiger partial charge is 0.337 e. The molecule has 31 heavy (non-hydrogen) atoms. The summed E-state index contributed by atoms with van der Waals surface area (Å²) in [6.07, 6.45) is 5.37. The Morgan fingerprint density at radius 3 is 2.52 bits per heavy atom. The van der Waals surface area contributed by atoms with Crippen LogP contribution in [0.4, 0.5) is 0 Å². The number of methoxy groups -OCH3 is 1. The van der Waals surface area contributed by atoms with Crippen molar-refractivity contribution in [3.63, 3.8) is 0 Å². The minimum atomic E-state index is -0.379. The zero-order valence-corrected chi connectivity index (χ0v) is 16.9. The van der Waals surface area contributed by atoms with E-state index < -0.39 is 0 Å². The summed E-state index contributed by atoms with van der Waals surface area (Å²) >= 11 is 0. The number of allylic oxidation sites excluding steroid dienone is 3. The Hall–Kier alpha value is -4.12. The molecule has 3 aromatic carbocycles. The molecule has 0 aromatic heterocycles. The number of Topliss-reactive ketones (excluding diaryl/α,β-unsaturated/α-hetero) is 1. The fourth-order valence-corrected chi connectivity index (χ4v) is 3.10. The van der Waals surface area contributed by atoms with Crippen LogP contribution in [0.15, 0.2) is 90.7 Å². The van der Waals surface area contributed by atoms with Crippen molar-refractivity contribution in [1.82, 2.24) is 0 Å². The molecule has 0 bridgehead atoms. The molecule has 0 spiro atoms. The third kappa shape index (κ3) is 4.73. The Morgan fingerprint density at radius 2 is 1.77 bits per heavy atom. The van der Waals surface area contributed by atoms with Crippen LogP contribution in [0.2, 0.25) is 0 Å². The van der Waals surface area contributed by atoms with Crippen molar-refractivity contribution in [3.8, 4) is 11.5 Å². The summed E-state index contributed by atoms with van der Waals surface area (Å²) in [4.78, 5) is 24.0. The topological polar surface area (TPSA) is 61.8 Å². The molecule has 0 aliphatic carbocycles. The number of fused-ring (bicyclic) bond motifs is 1. The van der Waals surface area contributed by atoms with E-state index in [1.54, 1.807) is 54.6 Å². The summed E-state index contributed by atoms with van der Waals surface area (Å²) in [5.41, 5.74) is 2.93. The fourth-order valence-electron chi connectivity index (χ4n) is 3.10. The molecule has 0 saturated heterocycles. The average molecular weight is 412 g/mol. The molecule has 1 heterocycles. The number of hydrogen-bond donors (Lipinski definition) is 0. The molecule has 0 saturated carbocycles. The van der Waals surface area contributed by atoms with Crippen LogP contribution in [0.5, 0.6) is 11.5 Å². The van der Waals surface area contributed by atoms with Gasteiger partial charge in [-0.3, -0.25) is 4.79 Å². The molecule has 0 atom stereocenters. The first-order valence-electron chi connectivity index (χ1n) is 9.74. The molecule has 1 aliphatic rings. The van der Waals surface area contributed by atoms with E-state index in [4.69, 9.17) is 14.2 Å². The Morgan fingerprint density at radius 1 is 1.00 bits per heavy atom. The molecule has 3 aromatic rings. The number of ether oxygens (including phenoxy) is 3. The van der Waals surface area contributed by atoms with Gasteiger partial charge in [-0.2, -0.15) is 0 Å². The minimum Gasteiger partial charge on any atom is -0.489 e. The molecular weight excluding hydrogens is 392 g/mol. The Kier molecular flexibility index (Phi) is 5.94. The lowest BCUT2D eigenvalue weighted by atomic mass is 10.1. The molecule has 4 rings (SSSR count). The third-order valence-corrected chi connectivity index (χ3v) is 4.76. The van der Waals surface area contributed by atoms with Crippen LogP contribution in [-0.2, 0) is 11.3 Å². The number of hydrogen-bond acceptors (Lipinski definition) is 5. The summed E-state index contributed by atoms with van der Waals surface area (Å²) in [5.74, 6) is 0.804. The van der Waals surface area contributed by atoms with Crippen molar-refractivity contribution in [2.45, 2.75) is 6.61 Å². The highest BCUT2D eigenvalue weighted by Crippen LogP contribution is 2.34. The van der Waals surface area contributed by atoms with Gasteiger partial charge in [-0.05, 0) is 41.5 Å². The van der Waals surface area contributed by atoms with E-state index in [-0.39, 0.29) is 17.5 Å². The van der Waals surface area contributed by atoms with Gasteiger partial charge in [-0.25, -0.2) is 4.79 Å². The molecular formula is C26H20O5. The van der Waals surface area contributed by atoms with Gasteiger partial charge in [-0.1, -0.05) is 54.6 Å². The van der Waals surface area contributed by atoms with Crippen molar-refractivity contribution < 1.29 is 23.8 Å². The van der Waals surface area contributed by atoms with E-state index in [0.29, 0.717) is 29.2 Å². The van der Waals surface area contributed by atoms with E-state index in [9.17, 15) is 9.59 Å². The zero-order chi connectivity index (χ0) is 21.6. The molecule has 0 unspecified atom stereocenters. The normalized spacial score (nSPS) is 13.8. The molecule has 0 fully saturated rings. The molecule has 154 valence electrons. The molecule has 1 aliphatic heterocycles. The van der Waals surface area contributed by atoms with Gasteiger partial charge in [0.2, 0.25) is 5.78 Å². The lowest BCUT2D eigenvalue weighted by Gasteiger charge is -2.08. The van der Waals surface area contributed by atoms with E-state index >= 15 is 0 Å². The maximum Gasteiger partial charge on any atom is 0.337 e. The summed E-state index contributed by atoms with van der Waals surface area (Å²) in [6.45, 7) is 0.316. The van der Waals surface area contributed by atoms with E-state index in [2.05, 4.69) is 0 Å². The Bertz CT molecular complexity index is 1160. The van der Waals surface area contributed by atoms with E-state index in [0.717, 1.165) is 11.1 Å². The zero-order valence-electron chi connectivity index (χ0n) is 16.9. The maximum atomic E-state index is 12.5. The second-order valence-corrected chi connectivity index (χ2v) is 6.87. The van der Waals surface area contributed by atoms with Crippen LogP contribution < -0.4 is 9.47 Å². The first-order chi connectivity index (χ1) is 15.1. The highest BCUT2D eigenvalue weighted by Gasteiger charge is 2.27. The largest absolute Gasteiger partial charge is 0.489 e. The lowest BCUT2D eigenvalue weighted by Crippen LogP contribution is -2.02. The fraction of sp³-hybridized carbons (Fsp3) is 0.0769. The quantitative estimate of drug-likeness (QED) is 0.410. The number of esters is 1. The first-order valence-corrected chi connectivity index (χ1v) is 9.74. The van der Waals surface area contributed by atoms with Crippen molar-refractivity contribution in [2.75, 3.05) is 7.11 Å². The molecule has 5 heteroatoms. The van der Waals surface area contributed by atoms with Crippen LogP contribution in [0.25, 0.3) is 6.08 Å². The van der Waals surface area contributed by atoms with E-state index in [1.165, 1.54) is 7.11 Å². The molecule has 0 N–H and O–H groups in total. The summed E-state index contributed by atoms with van der Waals surface area (Å²) in [7, 11) is 1.35. The van der Waals surface area contributed by atoms with Crippen molar-refractivity contribution in [2.24, 2.45) is 0 Å². The van der Waals surface area contributed by atoms with Crippen LogP contribution >= 0.6 is 0 Å². The number of ketones is 1. The Balaban J connectivity index is 1.40. The summed E-state index contributed by atoms with van der Waals surface area (Å²) < 4.78 is 16.2. The van der Waals surface area contributed by atoms with Gasteiger partial charge in [0.15, 0.2) is 5.76 Å². The van der Waals surface area contributed by atoms with Gasteiger partial charge in [0.1, 0.15) is 18.1 Å². The second kappa shape index (κ2) is 9.13. The maximum absolute atomic E-state index is 12.5. The summed E-state index contributed by atoms with van der Waals surface area (Å²) in [6, 6.07) is 22.0. The number of rotatable bonds is 6. The van der Waals surface area contributed by atoms with Gasteiger partial charge < -0.3 is 14.2 Å². The number of carbonyl (C=O) groups is 2. The van der Waals surface area contributed by atoms with Crippen molar-refractivity contribution >= 4 is 17.8 Å². The van der Waals surface area contributed by atoms with Crippen LogP contribution in [0.3, 0.4) is 0 Å². The standard InChI is InChI=1S/C26H20O5/c1-29-26(28)20-12-10-19(11-13-20)17-30-21-14-15-22-24(16-21)31-23(25(22)27)9-5-8-18-6-3-2-4-7-18/h2-16H,17H2,1H3/b8-5+,23-9-. The predicted molar refractivity (Wildman–Crippen MR) is 117 cm³/mol. The van der Waals surface area contributed by atoms with Gasteiger partial charge in [0, 0.05) is 6.07 Å². The third-order valence-electron chi connectivity index (χ3n) is 4.76. The van der Waals surface area contributed by atoms with Gasteiger partial charge in [0.05, 0.1) is 18.2 Å². The van der Waals surface area contributed by atoms with Gasteiger partial charge in [0.25, 0.3) is 0 Å². The monoisotopic (exact) mass is 412 g/mol. The van der Waals surface area contributed by atoms with Crippen LogP contribution in [-0.4, -0.2) is 18.9 Å². The SMILES string of the molecule is COC(=O)c1ccc(COc2ccc3c(c2)O/C(=C\C=C\c2ccccc2)C3=O)cc1. The highest BCUT2D eigenvalue weighted by molar-refractivity contribution is 6.12. The lowest BCUT2D eigenvalue weighted by molar-refractivity contribution is 0.0600. The van der Waals surface area contributed by atoms with Crippen LogP contribution in [0, 0.1) is 0 Å². The second-order valence-electron chi connectivity index (χ2n) is 6.87. The predicted octanol–water partition coefficient (Wildman–Crippen LogP) is 5.22. The molecule has 0 radical (unpaired) electrons. The average Bonchev–Trinajstić information content (AvgIpc) is 3.13. The minimum absolute atomic E-state index is 0.155. The summed E-state index contributed by atoms with van der Waals surface area (Å²) in [5, 5.41) is 0. The van der Waals surface area contributed by atoms with Crippen LogP contribution in [0.1, 0.15) is 31.8 Å². The van der Waals surface area contributed by atoms with Gasteiger partial charge in [-0.15, -0.1) is 0 Å².